The van der Waals surface area contributed by atoms with E-state index in [1.807, 2.05) is 30.3 Å². The van der Waals surface area contributed by atoms with E-state index < -0.39 is 29.2 Å². The van der Waals surface area contributed by atoms with E-state index in [0.717, 1.165) is 5.56 Å². The monoisotopic (exact) mass is 393 g/mol. The molecule has 0 aliphatic rings. The maximum Gasteiger partial charge on any atom is 0.316 e. The third kappa shape index (κ3) is 5.79. The average Bonchev–Trinajstić information content (AvgIpc) is 2.63. The van der Waals surface area contributed by atoms with Crippen molar-refractivity contribution in [1.82, 2.24) is 0 Å². The first-order valence-corrected chi connectivity index (χ1v) is 9.20. The minimum atomic E-state index is -2.50. The number of rotatable bonds is 7. The Morgan fingerprint density at radius 1 is 1.04 bits per heavy atom. The van der Waals surface area contributed by atoms with Crippen LogP contribution in [0.3, 0.4) is 0 Å². The highest BCUT2D eigenvalue weighted by molar-refractivity contribution is 7.99. The molecule has 1 atom stereocenters. The highest BCUT2D eigenvalue weighted by Crippen LogP contribution is 2.27. The second-order valence-corrected chi connectivity index (χ2v) is 7.49. The van der Waals surface area contributed by atoms with Crippen LogP contribution < -0.4 is 5.32 Å². The Balaban J connectivity index is 1.96. The van der Waals surface area contributed by atoms with Crippen molar-refractivity contribution in [3.63, 3.8) is 0 Å². The summed E-state index contributed by atoms with van der Waals surface area (Å²) in [6.45, 7) is 4.94. The molecule has 0 bridgehead atoms. The summed E-state index contributed by atoms with van der Waals surface area (Å²) < 4.78 is 30.0. The van der Waals surface area contributed by atoms with Gasteiger partial charge in [-0.3, -0.25) is 9.59 Å². The number of alkyl halides is 2. The van der Waals surface area contributed by atoms with Gasteiger partial charge in [0.25, 0.3) is 11.7 Å². The van der Waals surface area contributed by atoms with Gasteiger partial charge in [-0.15, -0.1) is 0 Å². The van der Waals surface area contributed by atoms with Gasteiger partial charge < -0.3 is 10.1 Å². The summed E-state index contributed by atoms with van der Waals surface area (Å²) in [5.41, 5.74) is 0.322. The molecule has 2 aromatic carbocycles. The number of hydrogen-bond acceptors (Lipinski definition) is 4. The zero-order valence-corrected chi connectivity index (χ0v) is 16.1. The molecule has 144 valence electrons. The number of ether oxygens (including phenoxy) is 1. The lowest BCUT2D eigenvalue weighted by Gasteiger charge is -2.25. The van der Waals surface area contributed by atoms with E-state index in [0.29, 0.717) is 22.3 Å². The van der Waals surface area contributed by atoms with Crippen LogP contribution in [0.5, 0.6) is 0 Å². The van der Waals surface area contributed by atoms with E-state index in [1.165, 1.54) is 31.2 Å². The Kier molecular flexibility index (Phi) is 6.96. The summed E-state index contributed by atoms with van der Waals surface area (Å²) in [5.74, 6) is -3.51. The van der Waals surface area contributed by atoms with E-state index in [-0.39, 0.29) is 0 Å². The summed E-state index contributed by atoms with van der Waals surface area (Å²) in [6.07, 6.45) is -1.00. The molecule has 0 saturated carbocycles. The smallest absolute Gasteiger partial charge is 0.316 e. The van der Waals surface area contributed by atoms with Crippen LogP contribution in [-0.2, 0) is 19.7 Å². The molecule has 1 amide bonds. The Hall–Kier alpha value is -2.41. The van der Waals surface area contributed by atoms with Gasteiger partial charge in [0.2, 0.25) is 0 Å². The molecule has 2 rings (SSSR count). The first kappa shape index (κ1) is 20.9. The van der Waals surface area contributed by atoms with E-state index >= 15 is 0 Å². The predicted molar refractivity (Wildman–Crippen MR) is 102 cm³/mol. The molecule has 0 spiro atoms. The number of esters is 1. The van der Waals surface area contributed by atoms with Gasteiger partial charge in [-0.25, -0.2) is 0 Å². The zero-order chi connectivity index (χ0) is 20.0. The number of carbonyl (C=O) groups excluding carboxylic acids is 2. The second-order valence-electron chi connectivity index (χ2n) is 6.43. The zero-order valence-electron chi connectivity index (χ0n) is 15.2. The molecule has 0 fully saturated rings. The van der Waals surface area contributed by atoms with Crippen LogP contribution in [0.2, 0.25) is 0 Å². The third-order valence-corrected chi connectivity index (χ3v) is 4.73. The van der Waals surface area contributed by atoms with Gasteiger partial charge in [0, 0.05) is 10.6 Å². The van der Waals surface area contributed by atoms with Crippen molar-refractivity contribution in [1.29, 1.82) is 0 Å². The minimum Gasteiger partial charge on any atom is -0.452 e. The van der Waals surface area contributed by atoms with Gasteiger partial charge in [-0.1, -0.05) is 42.1 Å². The van der Waals surface area contributed by atoms with Crippen molar-refractivity contribution in [3.8, 4) is 0 Å². The number of anilines is 1. The molecular weight excluding hydrogens is 372 g/mol. The molecule has 1 N–H and O–H groups in total. The lowest BCUT2D eigenvalue weighted by Crippen LogP contribution is -2.37. The van der Waals surface area contributed by atoms with Crippen molar-refractivity contribution >= 4 is 29.3 Å². The fraction of sp³-hybridized carbons (Fsp3) is 0.300. The van der Waals surface area contributed by atoms with Crippen molar-refractivity contribution < 1.29 is 23.1 Å². The second kappa shape index (κ2) is 8.99. The van der Waals surface area contributed by atoms with Crippen molar-refractivity contribution in [2.24, 2.45) is 0 Å². The number of halogens is 2. The van der Waals surface area contributed by atoms with Gasteiger partial charge in [-0.05, 0) is 50.6 Å². The van der Waals surface area contributed by atoms with Crippen molar-refractivity contribution in [2.75, 3.05) is 5.32 Å². The predicted octanol–water partition coefficient (Wildman–Crippen LogP) is 4.85. The SMILES string of the molecule is C[C@@H](OC(=O)C(C)(C)c1ccccc1)C(=O)Nc1ccc(SC(F)F)cc1. The number of amides is 1. The molecule has 0 aromatic heterocycles. The quantitative estimate of drug-likeness (QED) is 0.540. The van der Waals surface area contributed by atoms with Crippen molar-refractivity contribution in [3.05, 3.63) is 60.2 Å². The molecular formula is C20H21F2NO3S. The van der Waals surface area contributed by atoms with Crippen LogP contribution in [0, 0.1) is 0 Å². The molecule has 4 nitrogen and oxygen atoms in total. The first-order valence-electron chi connectivity index (χ1n) is 8.32. The van der Waals surface area contributed by atoms with Gasteiger partial charge in [0.1, 0.15) is 0 Å². The van der Waals surface area contributed by atoms with Gasteiger partial charge >= 0.3 is 5.97 Å². The standard InChI is InChI=1S/C20H21F2NO3S/c1-13(26-18(25)20(2,3)14-7-5-4-6-8-14)17(24)23-15-9-11-16(12-10-15)27-19(21)22/h4-13,19H,1-3H3,(H,23,24)/t13-/m1/s1. The van der Waals surface area contributed by atoms with Crippen LogP contribution in [0.1, 0.15) is 26.3 Å². The normalized spacial score (nSPS) is 12.5. The van der Waals surface area contributed by atoms with Crippen molar-refractivity contribution in [2.45, 2.75) is 42.9 Å². The maximum atomic E-state index is 12.5. The minimum absolute atomic E-state index is 0.395. The highest BCUT2D eigenvalue weighted by atomic mass is 32.2. The molecule has 0 aliphatic carbocycles. The highest BCUT2D eigenvalue weighted by Gasteiger charge is 2.33. The van der Waals surface area contributed by atoms with E-state index in [9.17, 15) is 18.4 Å². The van der Waals surface area contributed by atoms with Gasteiger partial charge in [0.05, 0.1) is 5.41 Å². The molecule has 0 saturated heterocycles. The summed E-state index contributed by atoms with van der Waals surface area (Å²) in [6, 6.07) is 15.2. The third-order valence-electron chi connectivity index (χ3n) is 4.01. The maximum absolute atomic E-state index is 12.5. The fourth-order valence-corrected chi connectivity index (χ4v) is 2.80. The van der Waals surface area contributed by atoms with Crippen LogP contribution in [-0.4, -0.2) is 23.7 Å². The molecule has 0 aliphatic heterocycles. The average molecular weight is 393 g/mol. The largest absolute Gasteiger partial charge is 0.452 e. The molecule has 0 heterocycles. The first-order chi connectivity index (χ1) is 12.7. The number of hydrogen-bond donors (Lipinski definition) is 1. The Labute approximate surface area is 161 Å². The summed E-state index contributed by atoms with van der Waals surface area (Å²) in [4.78, 5) is 25.2. The van der Waals surface area contributed by atoms with E-state index in [1.54, 1.807) is 13.8 Å². The molecule has 0 unspecified atom stereocenters. The van der Waals surface area contributed by atoms with Crippen LogP contribution >= 0.6 is 11.8 Å². The lowest BCUT2D eigenvalue weighted by atomic mass is 9.85. The Morgan fingerprint density at radius 2 is 1.63 bits per heavy atom. The summed E-state index contributed by atoms with van der Waals surface area (Å²) >= 11 is 0.426. The summed E-state index contributed by atoms with van der Waals surface area (Å²) in [7, 11) is 0. The lowest BCUT2D eigenvalue weighted by molar-refractivity contribution is -0.158. The fourth-order valence-electron chi connectivity index (χ4n) is 2.30. The number of carbonyl (C=O) groups is 2. The molecule has 0 radical (unpaired) electrons. The molecule has 7 heteroatoms. The Bertz CT molecular complexity index is 780. The Morgan fingerprint density at radius 3 is 2.19 bits per heavy atom. The topological polar surface area (TPSA) is 55.4 Å². The van der Waals surface area contributed by atoms with Gasteiger partial charge in [-0.2, -0.15) is 8.78 Å². The number of thioether (sulfide) groups is 1. The van der Waals surface area contributed by atoms with Crippen LogP contribution in [0.15, 0.2) is 59.5 Å². The van der Waals surface area contributed by atoms with Crippen LogP contribution in [0.25, 0.3) is 0 Å². The van der Waals surface area contributed by atoms with E-state index in [4.69, 9.17) is 4.74 Å². The number of nitrogens with one attached hydrogen (secondary N) is 1. The van der Waals surface area contributed by atoms with Gasteiger partial charge in [0.15, 0.2) is 6.10 Å². The summed E-state index contributed by atoms with van der Waals surface area (Å²) in [5, 5.41) is 2.61. The number of benzene rings is 2. The van der Waals surface area contributed by atoms with E-state index in [2.05, 4.69) is 5.32 Å². The molecule has 27 heavy (non-hydrogen) atoms. The van der Waals surface area contributed by atoms with Crippen LogP contribution in [0.4, 0.5) is 14.5 Å². The molecule has 2 aromatic rings.